The summed E-state index contributed by atoms with van der Waals surface area (Å²) in [4.78, 5) is 12.4. The maximum Gasteiger partial charge on any atom is 0.251 e. The Morgan fingerprint density at radius 2 is 2.06 bits per heavy atom. The Labute approximate surface area is 190 Å². The molecule has 0 unspecified atom stereocenters. The molecule has 2 aliphatic carbocycles. The topological polar surface area (TPSA) is 82.9 Å². The molecule has 33 heavy (non-hydrogen) atoms. The number of hydrogen-bond donors (Lipinski definition) is 3. The third-order valence-corrected chi connectivity index (χ3v) is 6.45. The zero-order valence-corrected chi connectivity index (χ0v) is 18.5. The second-order valence-electron chi connectivity index (χ2n) is 8.73. The number of hydrogen-bond acceptors (Lipinski definition) is 5. The number of alkyl halides is 2. The fraction of sp³-hybridized carbons (Fsp3) is 0.375. The maximum absolute atomic E-state index is 11.9. The minimum atomic E-state index is -2.37. The highest BCUT2D eigenvalue weighted by atomic mass is 19.3. The molecule has 3 N–H and O–H groups in total. The van der Waals surface area contributed by atoms with E-state index in [1.165, 1.54) is 19.3 Å². The lowest BCUT2D eigenvalue weighted by Crippen LogP contribution is -2.46. The van der Waals surface area contributed by atoms with Crippen molar-refractivity contribution < 1.29 is 8.78 Å². The number of rotatable bonds is 5. The highest BCUT2D eigenvalue weighted by Gasteiger charge is 2.44. The van der Waals surface area contributed by atoms with Crippen LogP contribution in [0.4, 0.5) is 14.7 Å². The quantitative estimate of drug-likeness (QED) is 0.403. The Kier molecular flexibility index (Phi) is 5.57. The van der Waals surface area contributed by atoms with E-state index in [9.17, 15) is 8.78 Å². The van der Waals surface area contributed by atoms with Gasteiger partial charge in [-0.2, -0.15) is 10.1 Å². The van der Waals surface area contributed by atoms with Crippen LogP contribution in [0.3, 0.4) is 0 Å². The van der Waals surface area contributed by atoms with Crippen LogP contribution in [0.15, 0.2) is 43.5 Å². The molecule has 4 aromatic heterocycles. The molecule has 172 valence electrons. The van der Waals surface area contributed by atoms with E-state index in [4.69, 9.17) is 0 Å². The molecular weight excluding hydrogens is 424 g/mol. The lowest BCUT2D eigenvalue weighted by Gasteiger charge is -2.34. The maximum atomic E-state index is 11.9. The number of H-pyrrole nitrogens is 1. The summed E-state index contributed by atoms with van der Waals surface area (Å²) in [6.45, 7) is 3.85. The second kappa shape index (κ2) is 8.55. The van der Waals surface area contributed by atoms with Gasteiger partial charge in [-0.05, 0) is 44.0 Å². The van der Waals surface area contributed by atoms with Crippen molar-refractivity contribution in [3.05, 3.63) is 49.1 Å². The van der Waals surface area contributed by atoms with Gasteiger partial charge < -0.3 is 15.6 Å². The Hall–Kier alpha value is -3.33. The standard InChI is InChI=1S/C19H18N6.C5H9F2N/c1-2-12-9-22-25-7-6-13(8-17(12)25)15-10-20-18-16(15)11-21-19(24-18)23-14-4-3-5-14;1-8-4-2-5(6,7)3-4/h2,6-11,14H,1,3-5H2,(H2,20,21,23,24);4,8H,2-3H2,1H3. The van der Waals surface area contributed by atoms with Gasteiger partial charge in [-0.25, -0.2) is 18.3 Å². The smallest absolute Gasteiger partial charge is 0.251 e. The van der Waals surface area contributed by atoms with Crippen LogP contribution in [0, 0.1) is 0 Å². The van der Waals surface area contributed by atoms with Gasteiger partial charge in [0, 0.05) is 60.0 Å². The van der Waals surface area contributed by atoms with E-state index in [-0.39, 0.29) is 18.9 Å². The van der Waals surface area contributed by atoms with Gasteiger partial charge in [0.2, 0.25) is 5.95 Å². The molecular formula is C24H27F2N7. The van der Waals surface area contributed by atoms with Gasteiger partial charge in [-0.1, -0.05) is 12.7 Å². The number of halogens is 2. The summed E-state index contributed by atoms with van der Waals surface area (Å²) in [5.74, 6) is -1.67. The van der Waals surface area contributed by atoms with Crippen molar-refractivity contribution >= 4 is 28.6 Å². The van der Waals surface area contributed by atoms with Gasteiger partial charge in [0.05, 0.1) is 11.7 Å². The van der Waals surface area contributed by atoms with E-state index in [0.29, 0.717) is 12.0 Å². The highest BCUT2D eigenvalue weighted by molar-refractivity contribution is 5.94. The van der Waals surface area contributed by atoms with Crippen LogP contribution in [0.25, 0.3) is 33.8 Å². The molecule has 0 amide bonds. The van der Waals surface area contributed by atoms with Gasteiger partial charge in [0.25, 0.3) is 5.92 Å². The van der Waals surface area contributed by atoms with Crippen LogP contribution >= 0.6 is 0 Å². The number of pyridine rings is 1. The van der Waals surface area contributed by atoms with Crippen LogP contribution in [0.2, 0.25) is 0 Å². The summed E-state index contributed by atoms with van der Waals surface area (Å²) in [5.41, 5.74) is 5.09. The third kappa shape index (κ3) is 4.32. The number of nitrogens with one attached hydrogen (secondary N) is 3. The predicted octanol–water partition coefficient (Wildman–Crippen LogP) is 4.88. The molecule has 4 aromatic rings. The molecule has 0 radical (unpaired) electrons. The fourth-order valence-corrected chi connectivity index (χ4v) is 4.14. The molecule has 0 aliphatic heterocycles. The van der Waals surface area contributed by atoms with Gasteiger partial charge in [-0.3, -0.25) is 0 Å². The number of aromatic nitrogens is 5. The Balaban J connectivity index is 0.000000243. The van der Waals surface area contributed by atoms with Gasteiger partial charge in [0.15, 0.2) is 0 Å². The number of aromatic amines is 1. The van der Waals surface area contributed by atoms with Gasteiger partial charge in [0.1, 0.15) is 5.65 Å². The summed E-state index contributed by atoms with van der Waals surface area (Å²) >= 11 is 0. The molecule has 0 saturated heterocycles. The molecule has 0 aromatic carbocycles. The van der Waals surface area contributed by atoms with Crippen molar-refractivity contribution in [3.63, 3.8) is 0 Å². The molecule has 9 heteroatoms. The predicted molar refractivity (Wildman–Crippen MR) is 126 cm³/mol. The minimum absolute atomic E-state index is 0.0174. The van der Waals surface area contributed by atoms with Crippen molar-refractivity contribution in [1.29, 1.82) is 0 Å². The van der Waals surface area contributed by atoms with Gasteiger partial charge >= 0.3 is 0 Å². The summed E-state index contributed by atoms with van der Waals surface area (Å²) in [6.07, 6.45) is 13.2. The van der Waals surface area contributed by atoms with Crippen LogP contribution in [0.5, 0.6) is 0 Å². The SMILES string of the molecule is C=Cc1cnn2ccc(-c3c[nH]c4nc(NC5CCC5)ncc34)cc12.CNC1CC(F)(F)C1. The molecule has 0 atom stereocenters. The normalized spacial score (nSPS) is 17.8. The average molecular weight is 452 g/mol. The number of nitrogens with zero attached hydrogens (tertiary/aromatic N) is 4. The summed E-state index contributed by atoms with van der Waals surface area (Å²) in [6, 6.07) is 4.75. The van der Waals surface area contributed by atoms with Crippen molar-refractivity contribution in [2.75, 3.05) is 12.4 Å². The van der Waals surface area contributed by atoms with Crippen LogP contribution < -0.4 is 10.6 Å². The first-order valence-electron chi connectivity index (χ1n) is 11.2. The van der Waals surface area contributed by atoms with Crippen molar-refractivity contribution in [3.8, 4) is 11.1 Å². The fourth-order valence-electron chi connectivity index (χ4n) is 4.14. The number of anilines is 1. The molecule has 6 rings (SSSR count). The van der Waals surface area contributed by atoms with E-state index >= 15 is 0 Å². The summed E-state index contributed by atoms with van der Waals surface area (Å²) in [5, 5.41) is 11.5. The Morgan fingerprint density at radius 3 is 2.70 bits per heavy atom. The summed E-state index contributed by atoms with van der Waals surface area (Å²) in [7, 11) is 1.71. The van der Waals surface area contributed by atoms with Crippen molar-refractivity contribution in [1.82, 2.24) is 29.9 Å². The molecule has 7 nitrogen and oxygen atoms in total. The van der Waals surface area contributed by atoms with E-state index in [0.717, 1.165) is 33.2 Å². The first kappa shape index (κ1) is 21.5. The number of fused-ring (bicyclic) bond motifs is 2. The van der Waals surface area contributed by atoms with Crippen molar-refractivity contribution in [2.45, 2.75) is 50.1 Å². The minimum Gasteiger partial charge on any atom is -0.351 e. The Morgan fingerprint density at radius 1 is 1.24 bits per heavy atom. The molecule has 2 aliphatic rings. The van der Waals surface area contributed by atoms with E-state index in [1.807, 2.05) is 35.4 Å². The monoisotopic (exact) mass is 451 g/mol. The molecule has 2 saturated carbocycles. The lowest BCUT2D eigenvalue weighted by molar-refractivity contribution is -0.0910. The van der Waals surface area contributed by atoms with Crippen molar-refractivity contribution in [2.24, 2.45) is 0 Å². The first-order chi connectivity index (χ1) is 16.0. The van der Waals surface area contributed by atoms with Crippen LogP contribution in [-0.2, 0) is 0 Å². The third-order valence-electron chi connectivity index (χ3n) is 6.45. The molecule has 0 spiro atoms. The van der Waals surface area contributed by atoms with E-state index < -0.39 is 5.92 Å². The second-order valence-corrected chi connectivity index (χ2v) is 8.73. The van der Waals surface area contributed by atoms with E-state index in [2.05, 4.69) is 49.4 Å². The average Bonchev–Trinajstić information content (AvgIpc) is 3.37. The first-order valence-corrected chi connectivity index (χ1v) is 11.2. The van der Waals surface area contributed by atoms with Gasteiger partial charge in [-0.15, -0.1) is 0 Å². The van der Waals surface area contributed by atoms with Crippen LogP contribution in [-0.4, -0.2) is 49.6 Å². The Bertz CT molecular complexity index is 1280. The lowest BCUT2D eigenvalue weighted by atomic mass is 9.88. The summed E-state index contributed by atoms with van der Waals surface area (Å²) < 4.78 is 25.7. The molecule has 4 heterocycles. The molecule has 2 fully saturated rings. The molecule has 0 bridgehead atoms. The van der Waals surface area contributed by atoms with Crippen LogP contribution in [0.1, 0.15) is 37.7 Å². The zero-order chi connectivity index (χ0) is 23.0. The highest BCUT2D eigenvalue weighted by Crippen LogP contribution is 2.37. The largest absolute Gasteiger partial charge is 0.351 e. The van der Waals surface area contributed by atoms with E-state index in [1.54, 1.807) is 7.05 Å². The zero-order valence-electron chi connectivity index (χ0n) is 18.5.